The zero-order chi connectivity index (χ0) is 16.6. The van der Waals surface area contributed by atoms with E-state index in [9.17, 15) is 13.2 Å². The molecule has 0 unspecified atom stereocenters. The molecule has 1 aromatic rings. The lowest BCUT2D eigenvalue weighted by Gasteiger charge is -2.20. The minimum Gasteiger partial charge on any atom is -0.326 e. The summed E-state index contributed by atoms with van der Waals surface area (Å²) in [6, 6.07) is 4.85. The first-order valence-corrected chi connectivity index (χ1v) is 9.55. The van der Waals surface area contributed by atoms with Crippen molar-refractivity contribution in [2.24, 2.45) is 5.92 Å². The molecule has 2 aliphatic heterocycles. The van der Waals surface area contributed by atoms with E-state index in [0.717, 1.165) is 25.2 Å². The number of likely N-dealkylation sites (tertiary alicyclic amines) is 1. The van der Waals surface area contributed by atoms with Crippen LogP contribution >= 0.6 is 0 Å². The summed E-state index contributed by atoms with van der Waals surface area (Å²) in [4.78, 5) is 13.9. The topological polar surface area (TPSA) is 78.5 Å². The van der Waals surface area contributed by atoms with Crippen LogP contribution in [-0.4, -0.2) is 44.9 Å². The fourth-order valence-electron chi connectivity index (χ4n) is 3.27. The van der Waals surface area contributed by atoms with Crippen LogP contribution in [0.15, 0.2) is 23.1 Å². The predicted molar refractivity (Wildman–Crippen MR) is 88.8 cm³/mol. The van der Waals surface area contributed by atoms with Crippen molar-refractivity contribution in [3.05, 3.63) is 23.8 Å². The Bertz CT molecular complexity index is 717. The Labute approximate surface area is 137 Å². The summed E-state index contributed by atoms with van der Waals surface area (Å²) in [6.45, 7) is 6.76. The molecule has 2 aliphatic rings. The molecule has 0 saturated carbocycles. The Morgan fingerprint density at radius 3 is 2.78 bits per heavy atom. The molecule has 0 bridgehead atoms. The van der Waals surface area contributed by atoms with Crippen LogP contribution in [0.1, 0.15) is 25.8 Å². The predicted octanol–water partition coefficient (Wildman–Crippen LogP) is 1.19. The molecule has 126 valence electrons. The van der Waals surface area contributed by atoms with Crippen molar-refractivity contribution >= 4 is 21.6 Å². The lowest BCUT2D eigenvalue weighted by atomic mass is 10.0. The normalized spacial score (nSPS) is 25.2. The minimum absolute atomic E-state index is 0.0225. The average Bonchev–Trinajstić information content (AvgIpc) is 2.86. The van der Waals surface area contributed by atoms with Gasteiger partial charge in [-0.05, 0) is 42.6 Å². The van der Waals surface area contributed by atoms with Gasteiger partial charge in [-0.1, -0.05) is 13.8 Å². The highest BCUT2D eigenvalue weighted by Crippen LogP contribution is 2.26. The molecule has 0 spiro atoms. The van der Waals surface area contributed by atoms with Crippen molar-refractivity contribution in [2.75, 3.05) is 25.0 Å². The van der Waals surface area contributed by atoms with Crippen LogP contribution in [0.4, 0.5) is 5.69 Å². The standard InChI is InChI=1S/C16H23N3O3S/c1-3-19-9-11(2)15(10-19)18-23(21,22)13-5-6-14-12(8-13)4-7-16(20)17-14/h5-6,8,11,15,18H,3-4,7,9-10H2,1-2H3,(H,17,20)/t11-,15+/m1/s1. The van der Waals surface area contributed by atoms with E-state index in [-0.39, 0.29) is 16.8 Å². The first kappa shape index (κ1) is 16.4. The van der Waals surface area contributed by atoms with E-state index in [4.69, 9.17) is 0 Å². The lowest BCUT2D eigenvalue weighted by Crippen LogP contribution is -2.39. The molecule has 7 heteroatoms. The number of aryl methyl sites for hydroxylation is 1. The van der Waals surface area contributed by atoms with Crippen LogP contribution in [-0.2, 0) is 21.2 Å². The van der Waals surface area contributed by atoms with Gasteiger partial charge in [0.25, 0.3) is 0 Å². The molecule has 0 aromatic heterocycles. The average molecular weight is 337 g/mol. The fraction of sp³-hybridized carbons (Fsp3) is 0.562. The summed E-state index contributed by atoms with van der Waals surface area (Å²) in [5.41, 5.74) is 1.59. The van der Waals surface area contributed by atoms with Gasteiger partial charge in [0, 0.05) is 31.2 Å². The monoisotopic (exact) mass is 337 g/mol. The van der Waals surface area contributed by atoms with E-state index < -0.39 is 10.0 Å². The summed E-state index contributed by atoms with van der Waals surface area (Å²) in [6.07, 6.45) is 0.975. The number of amides is 1. The molecule has 23 heavy (non-hydrogen) atoms. The molecule has 3 rings (SSSR count). The Morgan fingerprint density at radius 2 is 2.09 bits per heavy atom. The molecule has 2 heterocycles. The summed E-state index contributed by atoms with van der Waals surface area (Å²) in [5.74, 6) is 0.271. The smallest absolute Gasteiger partial charge is 0.240 e. The fourth-order valence-corrected chi connectivity index (χ4v) is 4.66. The zero-order valence-corrected chi connectivity index (χ0v) is 14.3. The first-order chi connectivity index (χ1) is 10.9. The van der Waals surface area contributed by atoms with Gasteiger partial charge in [0.1, 0.15) is 0 Å². The van der Waals surface area contributed by atoms with E-state index in [1.165, 1.54) is 0 Å². The number of fused-ring (bicyclic) bond motifs is 1. The van der Waals surface area contributed by atoms with Gasteiger partial charge in [-0.2, -0.15) is 0 Å². The third-order valence-electron chi connectivity index (χ3n) is 4.72. The number of nitrogens with one attached hydrogen (secondary N) is 2. The molecule has 1 saturated heterocycles. The van der Waals surface area contributed by atoms with Gasteiger partial charge in [0.05, 0.1) is 4.90 Å². The third kappa shape index (κ3) is 3.41. The third-order valence-corrected chi connectivity index (χ3v) is 6.21. The van der Waals surface area contributed by atoms with Crippen molar-refractivity contribution in [3.63, 3.8) is 0 Å². The molecular weight excluding hydrogens is 314 g/mol. The number of carbonyl (C=O) groups excluding carboxylic acids is 1. The molecule has 6 nitrogen and oxygen atoms in total. The molecular formula is C16H23N3O3S. The largest absolute Gasteiger partial charge is 0.326 e. The van der Waals surface area contributed by atoms with Crippen molar-refractivity contribution in [3.8, 4) is 0 Å². The van der Waals surface area contributed by atoms with Gasteiger partial charge in [-0.15, -0.1) is 0 Å². The highest BCUT2D eigenvalue weighted by molar-refractivity contribution is 7.89. The second kappa shape index (κ2) is 6.22. The molecule has 2 atom stereocenters. The van der Waals surface area contributed by atoms with E-state index in [0.29, 0.717) is 24.4 Å². The Kier molecular flexibility index (Phi) is 4.44. The van der Waals surface area contributed by atoms with E-state index >= 15 is 0 Å². The number of hydrogen-bond acceptors (Lipinski definition) is 4. The quantitative estimate of drug-likeness (QED) is 0.865. The summed E-state index contributed by atoms with van der Waals surface area (Å²) >= 11 is 0. The number of hydrogen-bond donors (Lipinski definition) is 2. The molecule has 1 amide bonds. The molecule has 0 radical (unpaired) electrons. The van der Waals surface area contributed by atoms with Gasteiger partial charge in [-0.3, -0.25) is 4.79 Å². The maximum Gasteiger partial charge on any atom is 0.240 e. The minimum atomic E-state index is -3.54. The Morgan fingerprint density at radius 1 is 1.30 bits per heavy atom. The van der Waals surface area contributed by atoms with Crippen molar-refractivity contribution in [1.82, 2.24) is 9.62 Å². The van der Waals surface area contributed by atoms with E-state index in [1.54, 1.807) is 18.2 Å². The van der Waals surface area contributed by atoms with Crippen LogP contribution in [0.25, 0.3) is 0 Å². The maximum atomic E-state index is 12.7. The Balaban J connectivity index is 1.79. The van der Waals surface area contributed by atoms with Crippen LogP contribution in [0, 0.1) is 5.92 Å². The Hall–Kier alpha value is -1.44. The number of benzene rings is 1. The maximum absolute atomic E-state index is 12.7. The van der Waals surface area contributed by atoms with E-state index in [1.807, 2.05) is 0 Å². The number of nitrogens with zero attached hydrogens (tertiary/aromatic N) is 1. The van der Waals surface area contributed by atoms with Crippen LogP contribution in [0.2, 0.25) is 0 Å². The van der Waals surface area contributed by atoms with E-state index in [2.05, 4.69) is 28.8 Å². The van der Waals surface area contributed by atoms with Gasteiger partial charge in [0.15, 0.2) is 0 Å². The molecule has 0 aliphatic carbocycles. The van der Waals surface area contributed by atoms with Crippen molar-refractivity contribution in [2.45, 2.75) is 37.6 Å². The van der Waals surface area contributed by atoms with Gasteiger partial charge in [0.2, 0.25) is 15.9 Å². The number of rotatable bonds is 4. The summed E-state index contributed by atoms with van der Waals surface area (Å²) in [7, 11) is -3.54. The van der Waals surface area contributed by atoms with Crippen LogP contribution in [0.5, 0.6) is 0 Å². The number of likely N-dealkylation sites (N-methyl/N-ethyl adjacent to an activating group) is 1. The van der Waals surface area contributed by atoms with Crippen LogP contribution < -0.4 is 10.0 Å². The second-order valence-electron chi connectivity index (χ2n) is 6.42. The summed E-state index contributed by atoms with van der Waals surface area (Å²) < 4.78 is 28.2. The molecule has 1 aromatic carbocycles. The highest BCUT2D eigenvalue weighted by atomic mass is 32.2. The van der Waals surface area contributed by atoms with Crippen molar-refractivity contribution in [1.29, 1.82) is 0 Å². The summed E-state index contributed by atoms with van der Waals surface area (Å²) in [5, 5.41) is 2.77. The molecule has 1 fully saturated rings. The number of anilines is 1. The van der Waals surface area contributed by atoms with Crippen molar-refractivity contribution < 1.29 is 13.2 Å². The van der Waals surface area contributed by atoms with Gasteiger partial charge in [-0.25, -0.2) is 13.1 Å². The highest BCUT2D eigenvalue weighted by Gasteiger charge is 2.32. The zero-order valence-electron chi connectivity index (χ0n) is 13.5. The number of carbonyl (C=O) groups is 1. The number of sulfonamides is 1. The van der Waals surface area contributed by atoms with Gasteiger partial charge >= 0.3 is 0 Å². The van der Waals surface area contributed by atoms with Crippen LogP contribution in [0.3, 0.4) is 0 Å². The molecule has 2 N–H and O–H groups in total. The lowest BCUT2D eigenvalue weighted by molar-refractivity contribution is -0.116. The van der Waals surface area contributed by atoms with Gasteiger partial charge < -0.3 is 10.2 Å². The SMILES string of the molecule is CCN1C[C@@H](C)[C@@H](NS(=O)(=O)c2ccc3c(c2)CCC(=O)N3)C1. The first-order valence-electron chi connectivity index (χ1n) is 8.06. The second-order valence-corrected chi connectivity index (χ2v) is 8.14.